The number of carbonyl (C=O) groups is 1. The van der Waals surface area contributed by atoms with Crippen molar-refractivity contribution in [2.24, 2.45) is 0 Å². The second-order valence-corrected chi connectivity index (χ2v) is 7.95. The first-order chi connectivity index (χ1) is 15.0. The van der Waals surface area contributed by atoms with Crippen molar-refractivity contribution in [3.05, 3.63) is 59.6 Å². The summed E-state index contributed by atoms with van der Waals surface area (Å²) in [7, 11) is 3.17. The van der Waals surface area contributed by atoms with Gasteiger partial charge in [-0.1, -0.05) is 35.5 Å². The van der Waals surface area contributed by atoms with E-state index in [4.69, 9.17) is 21.1 Å². The molecule has 1 aromatic heterocycles. The first-order valence-electron chi connectivity index (χ1n) is 9.42. The highest BCUT2D eigenvalue weighted by molar-refractivity contribution is 7.99. The Morgan fingerprint density at radius 1 is 1.19 bits per heavy atom. The maximum Gasteiger partial charge on any atom is 0.234 e. The summed E-state index contributed by atoms with van der Waals surface area (Å²) in [5.41, 5.74) is 2.45. The monoisotopic (exact) mass is 458 g/mol. The van der Waals surface area contributed by atoms with Crippen LogP contribution < -0.4 is 14.8 Å². The maximum atomic E-state index is 12.5. The summed E-state index contributed by atoms with van der Waals surface area (Å²) < 4.78 is 12.6. The molecule has 31 heavy (non-hydrogen) atoms. The van der Waals surface area contributed by atoms with E-state index in [1.54, 1.807) is 32.4 Å². The number of allylic oxidation sites excluding steroid dienone is 1. The summed E-state index contributed by atoms with van der Waals surface area (Å²) in [6.45, 7) is 6.23. The summed E-state index contributed by atoms with van der Waals surface area (Å²) in [5.74, 6) is 1.89. The van der Waals surface area contributed by atoms with Gasteiger partial charge in [0.2, 0.25) is 5.91 Å². The second-order valence-electron chi connectivity index (χ2n) is 6.57. The Balaban J connectivity index is 1.78. The largest absolute Gasteiger partial charge is 0.493 e. The summed E-state index contributed by atoms with van der Waals surface area (Å²) in [5, 5.41) is 12.7. The lowest BCUT2D eigenvalue weighted by atomic mass is 10.2. The average Bonchev–Trinajstić information content (AvgIpc) is 3.17. The SMILES string of the molecule is C=CCn1c(SCC(=O)Nc2cc(Cl)ccc2C)nnc1-c1ccc(OC)c(OC)c1. The number of ether oxygens (including phenoxy) is 2. The molecule has 0 aliphatic carbocycles. The molecular weight excluding hydrogens is 436 g/mol. The number of thioether (sulfide) groups is 1. The van der Waals surface area contributed by atoms with Gasteiger partial charge in [0, 0.05) is 22.8 Å². The van der Waals surface area contributed by atoms with Crippen molar-refractivity contribution < 1.29 is 14.3 Å². The number of aryl methyl sites for hydroxylation is 1. The minimum absolute atomic E-state index is 0.156. The number of hydrogen-bond donors (Lipinski definition) is 1. The van der Waals surface area contributed by atoms with Crippen LogP contribution in [-0.2, 0) is 11.3 Å². The number of carbonyl (C=O) groups excluding carboxylic acids is 1. The number of nitrogens with zero attached hydrogens (tertiary/aromatic N) is 3. The van der Waals surface area contributed by atoms with E-state index < -0.39 is 0 Å². The Hall–Kier alpha value is -2.97. The number of methoxy groups -OCH3 is 2. The molecule has 0 fully saturated rings. The minimum atomic E-state index is -0.156. The van der Waals surface area contributed by atoms with Crippen LogP contribution in [0.4, 0.5) is 5.69 Å². The molecule has 0 spiro atoms. The zero-order valence-corrected chi connectivity index (χ0v) is 19.1. The Bertz CT molecular complexity index is 1100. The smallest absolute Gasteiger partial charge is 0.234 e. The zero-order valence-electron chi connectivity index (χ0n) is 17.5. The Labute approximate surface area is 190 Å². The molecule has 9 heteroatoms. The molecule has 0 aliphatic heterocycles. The molecule has 1 heterocycles. The second kappa shape index (κ2) is 10.4. The predicted octanol–water partition coefficient (Wildman–Crippen LogP) is 4.84. The molecule has 0 bridgehead atoms. The molecule has 0 atom stereocenters. The summed E-state index contributed by atoms with van der Waals surface area (Å²) >= 11 is 7.32. The van der Waals surface area contributed by atoms with Crippen molar-refractivity contribution in [2.45, 2.75) is 18.6 Å². The van der Waals surface area contributed by atoms with E-state index in [-0.39, 0.29) is 11.7 Å². The number of halogens is 1. The minimum Gasteiger partial charge on any atom is -0.493 e. The van der Waals surface area contributed by atoms with Crippen LogP contribution in [0.2, 0.25) is 5.02 Å². The third-order valence-corrected chi connectivity index (χ3v) is 5.68. The van der Waals surface area contributed by atoms with E-state index in [9.17, 15) is 4.79 Å². The first kappa shape index (κ1) is 22.7. The molecule has 3 rings (SSSR count). The lowest BCUT2D eigenvalue weighted by Gasteiger charge is -2.11. The van der Waals surface area contributed by atoms with Crippen LogP contribution >= 0.6 is 23.4 Å². The lowest BCUT2D eigenvalue weighted by Crippen LogP contribution is -2.15. The van der Waals surface area contributed by atoms with Gasteiger partial charge in [-0.2, -0.15) is 0 Å². The maximum absolute atomic E-state index is 12.5. The van der Waals surface area contributed by atoms with Crippen LogP contribution in [0.3, 0.4) is 0 Å². The van der Waals surface area contributed by atoms with Crippen molar-refractivity contribution in [1.82, 2.24) is 14.8 Å². The van der Waals surface area contributed by atoms with E-state index in [1.165, 1.54) is 11.8 Å². The molecule has 162 valence electrons. The Morgan fingerprint density at radius 3 is 2.68 bits per heavy atom. The molecule has 3 aromatic rings. The third kappa shape index (κ3) is 5.39. The number of rotatable bonds is 9. The van der Waals surface area contributed by atoms with Crippen LogP contribution in [0.15, 0.2) is 54.2 Å². The number of hydrogen-bond acceptors (Lipinski definition) is 6. The van der Waals surface area contributed by atoms with Gasteiger partial charge in [-0.25, -0.2) is 0 Å². The van der Waals surface area contributed by atoms with Crippen molar-refractivity contribution in [3.63, 3.8) is 0 Å². The highest BCUT2D eigenvalue weighted by Crippen LogP contribution is 2.33. The van der Waals surface area contributed by atoms with Gasteiger partial charge in [-0.3, -0.25) is 9.36 Å². The lowest BCUT2D eigenvalue weighted by molar-refractivity contribution is -0.113. The van der Waals surface area contributed by atoms with Crippen LogP contribution in [0, 0.1) is 6.92 Å². The van der Waals surface area contributed by atoms with E-state index in [1.807, 2.05) is 35.8 Å². The van der Waals surface area contributed by atoms with Gasteiger partial charge in [-0.05, 0) is 42.8 Å². The van der Waals surface area contributed by atoms with Gasteiger partial charge >= 0.3 is 0 Å². The molecule has 0 saturated carbocycles. The fraction of sp³-hybridized carbons (Fsp3) is 0.227. The molecule has 0 aliphatic rings. The molecule has 0 unspecified atom stereocenters. The predicted molar refractivity (Wildman–Crippen MR) is 124 cm³/mol. The molecule has 1 amide bonds. The highest BCUT2D eigenvalue weighted by Gasteiger charge is 2.17. The standard InChI is InChI=1S/C22H23ClN4O3S/c1-5-10-27-21(15-7-9-18(29-3)19(11-15)30-4)25-26-22(27)31-13-20(28)24-17-12-16(23)8-6-14(17)2/h5-9,11-12H,1,10,13H2,2-4H3,(H,24,28). The summed E-state index contributed by atoms with van der Waals surface area (Å²) in [6.07, 6.45) is 1.76. The van der Waals surface area contributed by atoms with Crippen LogP contribution in [0.1, 0.15) is 5.56 Å². The van der Waals surface area contributed by atoms with Gasteiger partial charge in [0.1, 0.15) is 0 Å². The Morgan fingerprint density at radius 2 is 1.97 bits per heavy atom. The van der Waals surface area contributed by atoms with Gasteiger partial charge in [0.25, 0.3) is 0 Å². The topological polar surface area (TPSA) is 78.3 Å². The first-order valence-corrected chi connectivity index (χ1v) is 10.8. The molecular formula is C22H23ClN4O3S. The quantitative estimate of drug-likeness (QED) is 0.365. The van der Waals surface area contributed by atoms with Crippen molar-refractivity contribution in [2.75, 3.05) is 25.3 Å². The van der Waals surface area contributed by atoms with Crippen molar-refractivity contribution in [3.8, 4) is 22.9 Å². The molecule has 0 radical (unpaired) electrons. The molecule has 7 nitrogen and oxygen atoms in total. The van der Waals surface area contributed by atoms with Crippen molar-refractivity contribution >= 4 is 35.0 Å². The fourth-order valence-electron chi connectivity index (χ4n) is 2.92. The molecule has 1 N–H and O–H groups in total. The Kier molecular flexibility index (Phi) is 7.59. The average molecular weight is 459 g/mol. The number of amides is 1. The molecule has 2 aromatic carbocycles. The van der Waals surface area contributed by atoms with Crippen LogP contribution in [-0.4, -0.2) is 40.6 Å². The normalized spacial score (nSPS) is 10.6. The number of benzene rings is 2. The van der Waals surface area contributed by atoms with E-state index in [0.717, 1.165) is 11.1 Å². The van der Waals surface area contributed by atoms with Crippen LogP contribution in [0.5, 0.6) is 11.5 Å². The molecule has 0 saturated heterocycles. The highest BCUT2D eigenvalue weighted by atomic mass is 35.5. The number of nitrogens with one attached hydrogen (secondary N) is 1. The summed E-state index contributed by atoms with van der Waals surface area (Å²) in [6, 6.07) is 10.9. The van der Waals surface area contributed by atoms with E-state index in [0.29, 0.717) is 39.7 Å². The van der Waals surface area contributed by atoms with Gasteiger partial charge in [0.05, 0.1) is 20.0 Å². The third-order valence-electron chi connectivity index (χ3n) is 4.48. The van der Waals surface area contributed by atoms with Crippen molar-refractivity contribution in [1.29, 1.82) is 0 Å². The van der Waals surface area contributed by atoms with Gasteiger partial charge in [0.15, 0.2) is 22.5 Å². The fourth-order valence-corrected chi connectivity index (χ4v) is 3.84. The van der Waals surface area contributed by atoms with E-state index >= 15 is 0 Å². The van der Waals surface area contributed by atoms with Gasteiger partial charge < -0.3 is 14.8 Å². The van der Waals surface area contributed by atoms with E-state index in [2.05, 4.69) is 22.1 Å². The van der Waals surface area contributed by atoms with Crippen LogP contribution in [0.25, 0.3) is 11.4 Å². The number of aromatic nitrogens is 3. The zero-order chi connectivity index (χ0) is 22.4. The summed E-state index contributed by atoms with van der Waals surface area (Å²) in [4.78, 5) is 12.5. The number of anilines is 1. The van der Waals surface area contributed by atoms with Gasteiger partial charge in [-0.15, -0.1) is 16.8 Å².